The standard InChI is InChI=1S/C12H19BrO2Si/c1-3-14-16(15-4-2)10-9-11-5-7-12(13)8-6-11/h5-8,16H,3-4,9-10H2,1-2H3. The van der Waals surface area contributed by atoms with Gasteiger partial charge in [0.2, 0.25) is 0 Å². The van der Waals surface area contributed by atoms with E-state index < -0.39 is 9.28 Å². The van der Waals surface area contributed by atoms with Crippen LogP contribution in [0, 0.1) is 0 Å². The Morgan fingerprint density at radius 3 is 2.12 bits per heavy atom. The molecule has 0 heterocycles. The molecule has 4 heteroatoms. The molecule has 1 rings (SSSR count). The minimum atomic E-state index is -1.43. The summed E-state index contributed by atoms with van der Waals surface area (Å²) in [6, 6.07) is 9.49. The third-order valence-electron chi connectivity index (χ3n) is 2.29. The highest BCUT2D eigenvalue weighted by atomic mass is 79.9. The van der Waals surface area contributed by atoms with E-state index in [0.29, 0.717) is 0 Å². The van der Waals surface area contributed by atoms with Crippen molar-refractivity contribution in [2.24, 2.45) is 0 Å². The molecule has 0 saturated carbocycles. The zero-order valence-corrected chi connectivity index (χ0v) is 12.7. The molecule has 0 atom stereocenters. The Labute approximate surface area is 108 Å². The molecule has 0 radical (unpaired) electrons. The topological polar surface area (TPSA) is 18.5 Å². The van der Waals surface area contributed by atoms with E-state index in [1.165, 1.54) is 5.56 Å². The SMILES string of the molecule is CCO[SiH](CCc1ccc(Br)cc1)OCC. The van der Waals surface area contributed by atoms with Crippen molar-refractivity contribution in [1.29, 1.82) is 0 Å². The number of hydrogen-bond acceptors (Lipinski definition) is 2. The van der Waals surface area contributed by atoms with E-state index in [-0.39, 0.29) is 0 Å². The van der Waals surface area contributed by atoms with Gasteiger partial charge in [0.1, 0.15) is 0 Å². The second-order valence-corrected chi connectivity index (χ2v) is 6.52. The Kier molecular flexibility index (Phi) is 6.95. The number of halogens is 1. The smallest absolute Gasteiger partial charge is 0.321 e. The zero-order valence-electron chi connectivity index (χ0n) is 9.91. The predicted octanol–water partition coefficient (Wildman–Crippen LogP) is 3.29. The molecule has 0 spiro atoms. The van der Waals surface area contributed by atoms with Crippen molar-refractivity contribution < 1.29 is 8.85 Å². The monoisotopic (exact) mass is 302 g/mol. The van der Waals surface area contributed by atoms with Gasteiger partial charge < -0.3 is 8.85 Å². The lowest BCUT2D eigenvalue weighted by atomic mass is 10.2. The molecule has 0 bridgehead atoms. The van der Waals surface area contributed by atoms with E-state index in [9.17, 15) is 0 Å². The third-order valence-corrected chi connectivity index (χ3v) is 4.99. The molecular formula is C12H19BrO2Si. The molecule has 0 aliphatic heterocycles. The molecule has 1 aromatic carbocycles. The molecule has 2 nitrogen and oxygen atoms in total. The molecule has 0 aliphatic carbocycles. The van der Waals surface area contributed by atoms with Crippen LogP contribution in [0.15, 0.2) is 28.7 Å². The Morgan fingerprint density at radius 2 is 1.62 bits per heavy atom. The lowest BCUT2D eigenvalue weighted by molar-refractivity contribution is 0.213. The van der Waals surface area contributed by atoms with Gasteiger partial charge in [-0.25, -0.2) is 0 Å². The summed E-state index contributed by atoms with van der Waals surface area (Å²) in [6.07, 6.45) is 1.05. The molecule has 0 saturated heterocycles. The summed E-state index contributed by atoms with van der Waals surface area (Å²) in [5, 5.41) is 0. The van der Waals surface area contributed by atoms with E-state index in [4.69, 9.17) is 8.85 Å². The van der Waals surface area contributed by atoms with E-state index in [0.717, 1.165) is 30.2 Å². The van der Waals surface area contributed by atoms with Crippen molar-refractivity contribution in [3.05, 3.63) is 34.3 Å². The van der Waals surface area contributed by atoms with Gasteiger partial charge in [0.25, 0.3) is 0 Å². The van der Waals surface area contributed by atoms with Crippen LogP contribution in [0.25, 0.3) is 0 Å². The summed E-state index contributed by atoms with van der Waals surface area (Å²) >= 11 is 3.43. The molecule has 90 valence electrons. The highest BCUT2D eigenvalue weighted by Crippen LogP contribution is 2.13. The minimum absolute atomic E-state index is 0.761. The van der Waals surface area contributed by atoms with Crippen LogP contribution in [-0.4, -0.2) is 22.5 Å². The first-order valence-corrected chi connectivity index (χ1v) is 8.29. The second kappa shape index (κ2) is 8.01. The van der Waals surface area contributed by atoms with Crippen molar-refractivity contribution in [1.82, 2.24) is 0 Å². The van der Waals surface area contributed by atoms with Crippen molar-refractivity contribution >= 4 is 25.2 Å². The van der Waals surface area contributed by atoms with Crippen molar-refractivity contribution in [3.63, 3.8) is 0 Å². The average molecular weight is 303 g/mol. The van der Waals surface area contributed by atoms with Gasteiger partial charge in [0, 0.05) is 17.7 Å². The van der Waals surface area contributed by atoms with Crippen LogP contribution in [-0.2, 0) is 15.3 Å². The first-order valence-electron chi connectivity index (χ1n) is 5.74. The molecule has 0 unspecified atom stereocenters. The molecule has 0 N–H and O–H groups in total. The Balaban J connectivity index is 2.38. The highest BCUT2D eigenvalue weighted by molar-refractivity contribution is 9.10. The number of aryl methyl sites for hydroxylation is 1. The summed E-state index contributed by atoms with van der Waals surface area (Å²) in [5.74, 6) is 0. The Hall–Kier alpha value is -0.163. The fourth-order valence-electron chi connectivity index (χ4n) is 1.52. The van der Waals surface area contributed by atoms with Crippen molar-refractivity contribution in [2.45, 2.75) is 26.3 Å². The quantitative estimate of drug-likeness (QED) is 0.720. The maximum Gasteiger partial charge on any atom is 0.321 e. The summed E-state index contributed by atoms with van der Waals surface area (Å²) in [6.45, 7) is 5.58. The number of hydrogen-bond donors (Lipinski definition) is 0. The molecule has 0 aliphatic rings. The summed E-state index contributed by atoms with van der Waals surface area (Å²) in [7, 11) is -1.43. The fourth-order valence-corrected chi connectivity index (χ4v) is 3.53. The molecule has 0 aromatic heterocycles. The van der Waals surface area contributed by atoms with Gasteiger partial charge in [0.15, 0.2) is 0 Å². The van der Waals surface area contributed by atoms with Gasteiger partial charge in [0.05, 0.1) is 0 Å². The maximum absolute atomic E-state index is 5.64. The van der Waals surface area contributed by atoms with E-state index in [2.05, 4.69) is 40.2 Å². The van der Waals surface area contributed by atoms with Gasteiger partial charge in [-0.05, 0) is 44.0 Å². The third kappa shape index (κ3) is 5.25. The Bertz CT molecular complexity index is 284. The fraction of sp³-hybridized carbons (Fsp3) is 0.500. The van der Waals surface area contributed by atoms with Gasteiger partial charge in [-0.1, -0.05) is 28.1 Å². The maximum atomic E-state index is 5.64. The first-order chi connectivity index (χ1) is 7.76. The molecule has 0 fully saturated rings. The van der Waals surface area contributed by atoms with Gasteiger partial charge >= 0.3 is 9.28 Å². The van der Waals surface area contributed by atoms with Crippen LogP contribution in [0.1, 0.15) is 19.4 Å². The van der Waals surface area contributed by atoms with Crippen LogP contribution in [0.5, 0.6) is 0 Å². The van der Waals surface area contributed by atoms with Crippen LogP contribution in [0.2, 0.25) is 6.04 Å². The molecule has 0 amide bonds. The van der Waals surface area contributed by atoms with E-state index in [1.54, 1.807) is 0 Å². The number of benzene rings is 1. The van der Waals surface area contributed by atoms with Gasteiger partial charge in [-0.15, -0.1) is 0 Å². The minimum Gasteiger partial charge on any atom is -0.397 e. The van der Waals surface area contributed by atoms with Gasteiger partial charge in [-0.3, -0.25) is 0 Å². The summed E-state index contributed by atoms with van der Waals surface area (Å²) in [5.41, 5.74) is 1.35. The average Bonchev–Trinajstić information content (AvgIpc) is 2.29. The first kappa shape index (κ1) is 13.9. The normalized spacial score (nSPS) is 11.0. The van der Waals surface area contributed by atoms with Gasteiger partial charge in [-0.2, -0.15) is 0 Å². The largest absolute Gasteiger partial charge is 0.397 e. The molecular weight excluding hydrogens is 284 g/mol. The van der Waals surface area contributed by atoms with E-state index in [1.807, 2.05) is 13.8 Å². The zero-order chi connectivity index (χ0) is 11.8. The lowest BCUT2D eigenvalue weighted by Crippen LogP contribution is -2.23. The van der Waals surface area contributed by atoms with Crippen LogP contribution < -0.4 is 0 Å². The predicted molar refractivity (Wildman–Crippen MR) is 73.1 cm³/mol. The Morgan fingerprint density at radius 1 is 1.06 bits per heavy atom. The van der Waals surface area contributed by atoms with Crippen molar-refractivity contribution in [3.8, 4) is 0 Å². The van der Waals surface area contributed by atoms with Crippen LogP contribution in [0.3, 0.4) is 0 Å². The molecule has 1 aromatic rings. The van der Waals surface area contributed by atoms with E-state index >= 15 is 0 Å². The second-order valence-electron chi connectivity index (χ2n) is 3.51. The highest BCUT2D eigenvalue weighted by Gasteiger charge is 2.11. The number of rotatable bonds is 7. The molecule has 16 heavy (non-hydrogen) atoms. The summed E-state index contributed by atoms with van der Waals surface area (Å²) < 4.78 is 12.4. The summed E-state index contributed by atoms with van der Waals surface area (Å²) in [4.78, 5) is 0. The van der Waals surface area contributed by atoms with Crippen LogP contribution in [0.4, 0.5) is 0 Å². The lowest BCUT2D eigenvalue weighted by Gasteiger charge is -2.14. The van der Waals surface area contributed by atoms with Crippen LogP contribution >= 0.6 is 15.9 Å². The van der Waals surface area contributed by atoms with Crippen molar-refractivity contribution in [2.75, 3.05) is 13.2 Å².